The first-order valence-electron chi connectivity index (χ1n) is 8.90. The summed E-state index contributed by atoms with van der Waals surface area (Å²) >= 11 is 5.72. The number of anilines is 1. The summed E-state index contributed by atoms with van der Waals surface area (Å²) < 4.78 is 10.7. The average molecular weight is 394 g/mol. The Morgan fingerprint density at radius 2 is 1.64 bits per heavy atom. The highest BCUT2D eigenvalue weighted by molar-refractivity contribution is 7.80. The standard InChI is InChI=1S/C22H23N3O2S/c1-26-20-11-10-19(13-21(20)27-2)24-22(28)25(15-17-7-4-3-5-8-17)16-18-9-6-12-23-14-18/h3-14H,15-16H2,1-2H3,(H,24,28). The van der Waals surface area contributed by atoms with Crippen LogP contribution in [0, 0.1) is 0 Å². The Hall–Kier alpha value is -3.12. The molecule has 3 aromatic rings. The summed E-state index contributed by atoms with van der Waals surface area (Å²) in [4.78, 5) is 6.32. The van der Waals surface area contributed by atoms with Crippen LogP contribution in [0.15, 0.2) is 73.1 Å². The van der Waals surface area contributed by atoms with Crippen LogP contribution in [0.3, 0.4) is 0 Å². The molecule has 1 heterocycles. The number of hydrogen-bond acceptors (Lipinski definition) is 4. The van der Waals surface area contributed by atoms with Gasteiger partial charge >= 0.3 is 0 Å². The fourth-order valence-electron chi connectivity index (χ4n) is 2.83. The monoisotopic (exact) mass is 393 g/mol. The molecule has 0 spiro atoms. The number of methoxy groups -OCH3 is 2. The molecule has 1 aromatic heterocycles. The molecule has 5 nitrogen and oxygen atoms in total. The number of pyridine rings is 1. The van der Waals surface area contributed by atoms with Crippen LogP contribution in [-0.4, -0.2) is 29.2 Å². The van der Waals surface area contributed by atoms with E-state index in [1.807, 2.05) is 54.7 Å². The Kier molecular flexibility index (Phi) is 6.81. The van der Waals surface area contributed by atoms with E-state index >= 15 is 0 Å². The molecule has 0 aliphatic carbocycles. The van der Waals surface area contributed by atoms with Crippen molar-refractivity contribution in [2.45, 2.75) is 13.1 Å². The van der Waals surface area contributed by atoms with Crippen LogP contribution in [0.2, 0.25) is 0 Å². The van der Waals surface area contributed by atoms with Crippen molar-refractivity contribution in [3.05, 3.63) is 84.2 Å². The van der Waals surface area contributed by atoms with Gasteiger partial charge < -0.3 is 19.7 Å². The Bertz CT molecular complexity index is 863. The molecule has 0 saturated heterocycles. The number of aromatic nitrogens is 1. The maximum absolute atomic E-state index is 5.72. The van der Waals surface area contributed by atoms with Crippen LogP contribution in [-0.2, 0) is 13.1 Å². The van der Waals surface area contributed by atoms with Gasteiger partial charge in [0.05, 0.1) is 14.2 Å². The number of nitrogens with one attached hydrogen (secondary N) is 1. The van der Waals surface area contributed by atoms with Crippen LogP contribution < -0.4 is 14.8 Å². The molecule has 2 aromatic carbocycles. The number of hydrogen-bond donors (Lipinski definition) is 1. The van der Waals surface area contributed by atoms with Crippen molar-refractivity contribution in [2.75, 3.05) is 19.5 Å². The first-order chi connectivity index (χ1) is 13.7. The fraction of sp³-hybridized carbons (Fsp3) is 0.182. The minimum Gasteiger partial charge on any atom is -0.493 e. The molecule has 144 valence electrons. The molecule has 28 heavy (non-hydrogen) atoms. The van der Waals surface area contributed by atoms with Gasteiger partial charge in [0.1, 0.15) is 0 Å². The molecule has 0 amide bonds. The Morgan fingerprint density at radius 1 is 0.929 bits per heavy atom. The van der Waals surface area contributed by atoms with Gasteiger partial charge in [0.15, 0.2) is 16.6 Å². The molecule has 0 radical (unpaired) electrons. The smallest absolute Gasteiger partial charge is 0.174 e. The number of rotatable bonds is 7. The molecule has 0 atom stereocenters. The molecule has 0 saturated carbocycles. The normalized spacial score (nSPS) is 10.2. The van der Waals surface area contributed by atoms with Gasteiger partial charge in [0.25, 0.3) is 0 Å². The van der Waals surface area contributed by atoms with Gasteiger partial charge in [-0.1, -0.05) is 36.4 Å². The van der Waals surface area contributed by atoms with Crippen molar-refractivity contribution >= 4 is 23.0 Å². The predicted octanol–water partition coefficient (Wildman–Crippen LogP) is 4.50. The van der Waals surface area contributed by atoms with Gasteiger partial charge in [-0.25, -0.2) is 0 Å². The van der Waals surface area contributed by atoms with E-state index in [1.165, 1.54) is 5.56 Å². The third-order valence-electron chi connectivity index (χ3n) is 4.23. The Labute approximate surface area is 170 Å². The zero-order chi connectivity index (χ0) is 19.8. The predicted molar refractivity (Wildman–Crippen MR) is 116 cm³/mol. The molecule has 0 aliphatic heterocycles. The van der Waals surface area contributed by atoms with Crippen molar-refractivity contribution in [3.8, 4) is 11.5 Å². The second-order valence-electron chi connectivity index (χ2n) is 6.20. The van der Waals surface area contributed by atoms with Crippen LogP contribution in [0.4, 0.5) is 5.69 Å². The highest BCUT2D eigenvalue weighted by atomic mass is 32.1. The van der Waals surface area contributed by atoms with E-state index in [9.17, 15) is 0 Å². The lowest BCUT2D eigenvalue weighted by molar-refractivity contribution is 0.355. The van der Waals surface area contributed by atoms with Gasteiger partial charge in [0, 0.05) is 37.2 Å². The van der Waals surface area contributed by atoms with E-state index in [4.69, 9.17) is 21.7 Å². The quantitative estimate of drug-likeness (QED) is 0.597. The third kappa shape index (κ3) is 5.20. The first kappa shape index (κ1) is 19.6. The number of benzene rings is 2. The number of thiocarbonyl (C=S) groups is 1. The summed E-state index contributed by atoms with van der Waals surface area (Å²) in [6.07, 6.45) is 3.63. The van der Waals surface area contributed by atoms with Gasteiger partial charge in [-0.2, -0.15) is 0 Å². The van der Waals surface area contributed by atoms with Gasteiger partial charge in [-0.05, 0) is 41.5 Å². The summed E-state index contributed by atoms with van der Waals surface area (Å²) in [5, 5.41) is 3.93. The SMILES string of the molecule is COc1ccc(NC(=S)N(Cc2ccccc2)Cc2cccnc2)cc1OC. The largest absolute Gasteiger partial charge is 0.493 e. The van der Waals surface area contributed by atoms with Crippen molar-refractivity contribution < 1.29 is 9.47 Å². The Morgan fingerprint density at radius 3 is 2.32 bits per heavy atom. The molecular formula is C22H23N3O2S. The maximum atomic E-state index is 5.72. The highest BCUT2D eigenvalue weighted by Crippen LogP contribution is 2.30. The molecular weight excluding hydrogens is 370 g/mol. The lowest BCUT2D eigenvalue weighted by atomic mass is 10.2. The maximum Gasteiger partial charge on any atom is 0.174 e. The molecule has 0 bridgehead atoms. The van der Waals surface area contributed by atoms with E-state index < -0.39 is 0 Å². The molecule has 3 rings (SSSR count). The van der Waals surface area contributed by atoms with E-state index in [2.05, 4.69) is 27.3 Å². The van der Waals surface area contributed by atoms with Crippen LogP contribution >= 0.6 is 12.2 Å². The summed E-state index contributed by atoms with van der Waals surface area (Å²) in [6.45, 7) is 1.34. The van der Waals surface area contributed by atoms with Gasteiger partial charge in [-0.3, -0.25) is 4.98 Å². The van der Waals surface area contributed by atoms with E-state index in [-0.39, 0.29) is 0 Å². The van der Waals surface area contributed by atoms with Crippen molar-refractivity contribution in [3.63, 3.8) is 0 Å². The molecule has 0 fully saturated rings. The van der Waals surface area contributed by atoms with E-state index in [0.717, 1.165) is 11.3 Å². The summed E-state index contributed by atoms with van der Waals surface area (Å²) in [5.41, 5.74) is 3.12. The lowest BCUT2D eigenvalue weighted by Crippen LogP contribution is -2.33. The topological polar surface area (TPSA) is 46.6 Å². The third-order valence-corrected chi connectivity index (χ3v) is 4.59. The zero-order valence-corrected chi connectivity index (χ0v) is 16.8. The summed E-state index contributed by atoms with van der Waals surface area (Å²) in [5.74, 6) is 1.33. The van der Waals surface area contributed by atoms with Crippen molar-refractivity contribution in [1.29, 1.82) is 0 Å². The van der Waals surface area contributed by atoms with Gasteiger partial charge in [-0.15, -0.1) is 0 Å². The van der Waals surface area contributed by atoms with E-state index in [0.29, 0.717) is 29.7 Å². The van der Waals surface area contributed by atoms with E-state index in [1.54, 1.807) is 20.4 Å². The zero-order valence-electron chi connectivity index (χ0n) is 16.0. The van der Waals surface area contributed by atoms with Crippen LogP contribution in [0.25, 0.3) is 0 Å². The van der Waals surface area contributed by atoms with Crippen molar-refractivity contribution in [1.82, 2.24) is 9.88 Å². The second kappa shape index (κ2) is 9.71. The number of ether oxygens (including phenoxy) is 2. The van der Waals surface area contributed by atoms with Crippen LogP contribution in [0.1, 0.15) is 11.1 Å². The molecule has 1 N–H and O–H groups in total. The minimum atomic E-state index is 0.625. The second-order valence-corrected chi connectivity index (χ2v) is 6.59. The molecule has 6 heteroatoms. The average Bonchev–Trinajstić information content (AvgIpc) is 2.74. The number of nitrogens with zero attached hydrogens (tertiary/aromatic N) is 2. The lowest BCUT2D eigenvalue weighted by Gasteiger charge is -2.26. The Balaban J connectivity index is 1.79. The van der Waals surface area contributed by atoms with Crippen LogP contribution in [0.5, 0.6) is 11.5 Å². The van der Waals surface area contributed by atoms with Crippen molar-refractivity contribution in [2.24, 2.45) is 0 Å². The summed E-state index contributed by atoms with van der Waals surface area (Å²) in [7, 11) is 3.23. The summed E-state index contributed by atoms with van der Waals surface area (Å²) in [6, 6.07) is 19.9. The highest BCUT2D eigenvalue weighted by Gasteiger charge is 2.13. The minimum absolute atomic E-state index is 0.625. The molecule has 0 aliphatic rings. The van der Waals surface area contributed by atoms with Gasteiger partial charge in [0.2, 0.25) is 0 Å². The fourth-order valence-corrected chi connectivity index (χ4v) is 3.08. The molecule has 0 unspecified atom stereocenters. The first-order valence-corrected chi connectivity index (χ1v) is 9.31.